The van der Waals surface area contributed by atoms with E-state index in [0.29, 0.717) is 6.42 Å². The van der Waals surface area contributed by atoms with Gasteiger partial charge < -0.3 is 10.2 Å². The Bertz CT molecular complexity index is 674. The Morgan fingerprint density at radius 3 is 1.55 bits per heavy atom. The highest BCUT2D eigenvalue weighted by Crippen LogP contribution is 2.15. The molecule has 1 aliphatic rings. The van der Waals surface area contributed by atoms with Gasteiger partial charge in [-0.05, 0) is 38.5 Å². The molecule has 0 aliphatic carbocycles. The van der Waals surface area contributed by atoms with E-state index < -0.39 is 0 Å². The Kier molecular flexibility index (Phi) is 30.6. The van der Waals surface area contributed by atoms with Gasteiger partial charge in [-0.2, -0.15) is 0 Å². The fraction of sp³-hybridized carbons (Fsp3) is 0.900. The Morgan fingerprint density at radius 1 is 0.614 bits per heavy atom. The Morgan fingerprint density at radius 2 is 1.05 bits per heavy atom. The third-order valence-electron chi connectivity index (χ3n) is 9.40. The zero-order valence-corrected chi connectivity index (χ0v) is 30.0. The van der Waals surface area contributed by atoms with Crippen molar-refractivity contribution in [1.29, 1.82) is 0 Å². The van der Waals surface area contributed by atoms with Gasteiger partial charge in [0, 0.05) is 32.5 Å². The average Bonchev–Trinajstić information content (AvgIpc) is 3.48. The Hall–Kier alpha value is -1.32. The summed E-state index contributed by atoms with van der Waals surface area (Å²) in [6.07, 6.45) is 44.5. The third-order valence-corrected chi connectivity index (χ3v) is 9.40. The van der Waals surface area contributed by atoms with Gasteiger partial charge >= 0.3 is 0 Å². The molecule has 0 fully saturated rings. The lowest BCUT2D eigenvalue weighted by Crippen LogP contribution is -2.36. The molecule has 0 unspecified atom stereocenters. The maximum Gasteiger partial charge on any atom is 0.220 e. The molecule has 1 rings (SSSR count). The summed E-state index contributed by atoms with van der Waals surface area (Å²) in [6, 6.07) is 0. The van der Waals surface area contributed by atoms with Gasteiger partial charge in [0.05, 0.1) is 12.4 Å². The first kappa shape index (κ1) is 40.7. The molecular weight excluding hydrogens is 538 g/mol. The Labute approximate surface area is 276 Å². The maximum atomic E-state index is 12.3. The van der Waals surface area contributed by atoms with E-state index in [9.17, 15) is 4.79 Å². The second-order valence-electron chi connectivity index (χ2n) is 13.7. The predicted molar refractivity (Wildman–Crippen MR) is 196 cm³/mol. The fourth-order valence-electron chi connectivity index (χ4n) is 6.44. The van der Waals surface area contributed by atoms with Gasteiger partial charge in [-0.1, -0.05) is 167 Å². The van der Waals surface area contributed by atoms with E-state index >= 15 is 0 Å². The minimum atomic E-state index is 0.225. The molecule has 4 heteroatoms. The number of carbonyl (C=O) groups excluding carboxylic acids is 1. The van der Waals surface area contributed by atoms with Crippen LogP contribution in [0, 0.1) is 0 Å². The normalized spacial score (nSPS) is 13.3. The molecule has 258 valence electrons. The number of amides is 1. The molecule has 0 aromatic carbocycles. The Balaban J connectivity index is 1.86. The third kappa shape index (κ3) is 27.0. The van der Waals surface area contributed by atoms with Crippen LogP contribution in [0.2, 0.25) is 0 Å². The zero-order valence-electron chi connectivity index (χ0n) is 30.0. The standard InChI is InChI=1S/C40H77N3O/c1-3-5-7-9-11-13-15-17-19-21-23-25-27-29-31-33-39-41-35-37-43(39)38-36-42-40(44)34-32-30-28-26-24-22-20-18-16-14-12-10-8-6-4-2/h18,20H,3-17,19,21-38H2,1-2H3,(H,42,44)/b20-18-. The van der Waals surface area contributed by atoms with Gasteiger partial charge in [0.2, 0.25) is 5.91 Å². The van der Waals surface area contributed by atoms with Gasteiger partial charge in [-0.3, -0.25) is 9.79 Å². The summed E-state index contributed by atoms with van der Waals surface area (Å²) in [4.78, 5) is 19.5. The number of unbranched alkanes of at least 4 members (excludes halogenated alkanes) is 25. The van der Waals surface area contributed by atoms with Crippen molar-refractivity contribution in [2.75, 3.05) is 26.2 Å². The molecule has 1 heterocycles. The van der Waals surface area contributed by atoms with Crippen molar-refractivity contribution in [2.24, 2.45) is 4.99 Å². The molecule has 44 heavy (non-hydrogen) atoms. The van der Waals surface area contributed by atoms with E-state index in [1.807, 2.05) is 0 Å². The highest BCUT2D eigenvalue weighted by Gasteiger charge is 2.16. The molecule has 0 saturated heterocycles. The van der Waals surface area contributed by atoms with Crippen molar-refractivity contribution < 1.29 is 4.79 Å². The molecule has 0 atom stereocenters. The fourth-order valence-corrected chi connectivity index (χ4v) is 6.44. The lowest BCUT2D eigenvalue weighted by atomic mass is 10.0. The number of aliphatic imine (C=N–C) groups is 1. The van der Waals surface area contributed by atoms with E-state index in [2.05, 4.69) is 36.2 Å². The molecule has 0 aromatic rings. The summed E-state index contributed by atoms with van der Waals surface area (Å²) in [7, 11) is 0. The SMILES string of the molecule is CCCCCCCC/C=C\CCCCCCCC(=O)NCCN1CCN=C1CCCCCCCCCCCCCCCCC. The lowest BCUT2D eigenvalue weighted by molar-refractivity contribution is -0.121. The van der Waals surface area contributed by atoms with Crippen LogP contribution in [0.15, 0.2) is 17.1 Å². The highest BCUT2D eigenvalue weighted by atomic mass is 16.1. The number of rotatable bonds is 34. The van der Waals surface area contributed by atoms with E-state index in [1.54, 1.807) is 0 Å². The van der Waals surface area contributed by atoms with E-state index in [4.69, 9.17) is 4.99 Å². The van der Waals surface area contributed by atoms with Crippen molar-refractivity contribution in [2.45, 2.75) is 206 Å². The smallest absolute Gasteiger partial charge is 0.220 e. The van der Waals surface area contributed by atoms with Crippen LogP contribution in [-0.2, 0) is 4.79 Å². The van der Waals surface area contributed by atoms with Crippen LogP contribution >= 0.6 is 0 Å². The zero-order chi connectivity index (χ0) is 31.6. The van der Waals surface area contributed by atoms with Gasteiger partial charge in [0.15, 0.2) is 0 Å². The van der Waals surface area contributed by atoms with E-state index in [0.717, 1.165) is 39.0 Å². The van der Waals surface area contributed by atoms with Crippen LogP contribution in [0.5, 0.6) is 0 Å². The molecule has 0 aromatic heterocycles. The van der Waals surface area contributed by atoms with E-state index in [1.165, 1.54) is 179 Å². The first-order valence-corrected chi connectivity index (χ1v) is 20.0. The molecule has 1 aliphatic heterocycles. The monoisotopic (exact) mass is 616 g/mol. The number of allylic oxidation sites excluding steroid dienone is 2. The molecular formula is C40H77N3O. The second kappa shape index (κ2) is 33.1. The molecule has 1 amide bonds. The molecule has 0 radical (unpaired) electrons. The van der Waals surface area contributed by atoms with Crippen molar-refractivity contribution in [3.63, 3.8) is 0 Å². The van der Waals surface area contributed by atoms with Crippen molar-refractivity contribution >= 4 is 11.7 Å². The first-order chi connectivity index (χ1) is 21.8. The quantitative estimate of drug-likeness (QED) is 0.0578. The molecule has 0 bridgehead atoms. The van der Waals surface area contributed by atoms with Crippen LogP contribution in [0.3, 0.4) is 0 Å². The average molecular weight is 616 g/mol. The van der Waals surface area contributed by atoms with Gasteiger partial charge in [0.1, 0.15) is 0 Å². The van der Waals surface area contributed by atoms with Crippen molar-refractivity contribution in [3.05, 3.63) is 12.2 Å². The number of hydrogen-bond donors (Lipinski definition) is 1. The van der Waals surface area contributed by atoms with Crippen molar-refractivity contribution in [1.82, 2.24) is 10.2 Å². The number of hydrogen-bond acceptors (Lipinski definition) is 3. The largest absolute Gasteiger partial charge is 0.357 e. The second-order valence-corrected chi connectivity index (χ2v) is 13.7. The predicted octanol–water partition coefficient (Wildman–Crippen LogP) is 12.1. The summed E-state index contributed by atoms with van der Waals surface area (Å²) >= 11 is 0. The lowest BCUT2D eigenvalue weighted by Gasteiger charge is -2.20. The number of carbonyl (C=O) groups is 1. The minimum Gasteiger partial charge on any atom is -0.357 e. The van der Waals surface area contributed by atoms with Gasteiger partial charge in [-0.25, -0.2) is 0 Å². The summed E-state index contributed by atoms with van der Waals surface area (Å²) in [5, 5.41) is 3.16. The topological polar surface area (TPSA) is 44.7 Å². The maximum absolute atomic E-state index is 12.3. The van der Waals surface area contributed by atoms with Crippen molar-refractivity contribution in [3.8, 4) is 0 Å². The van der Waals surface area contributed by atoms with Crippen LogP contribution < -0.4 is 5.32 Å². The molecule has 0 spiro atoms. The number of nitrogens with zero attached hydrogens (tertiary/aromatic N) is 2. The van der Waals surface area contributed by atoms with Crippen LogP contribution in [0.1, 0.15) is 206 Å². The van der Waals surface area contributed by atoms with Gasteiger partial charge in [0.25, 0.3) is 0 Å². The summed E-state index contributed by atoms with van der Waals surface area (Å²) < 4.78 is 0. The minimum absolute atomic E-state index is 0.225. The summed E-state index contributed by atoms with van der Waals surface area (Å²) in [6.45, 7) is 8.19. The summed E-state index contributed by atoms with van der Waals surface area (Å²) in [5.74, 6) is 1.51. The van der Waals surface area contributed by atoms with E-state index in [-0.39, 0.29) is 5.91 Å². The molecule has 4 nitrogen and oxygen atoms in total. The first-order valence-electron chi connectivity index (χ1n) is 20.0. The number of nitrogens with one attached hydrogen (secondary N) is 1. The van der Waals surface area contributed by atoms with Crippen LogP contribution in [0.4, 0.5) is 0 Å². The van der Waals surface area contributed by atoms with Crippen LogP contribution in [-0.4, -0.2) is 42.8 Å². The van der Waals surface area contributed by atoms with Crippen LogP contribution in [0.25, 0.3) is 0 Å². The molecule has 1 N–H and O–H groups in total. The molecule has 0 saturated carbocycles. The number of amidine groups is 1. The highest BCUT2D eigenvalue weighted by molar-refractivity contribution is 5.83. The summed E-state index contributed by atoms with van der Waals surface area (Å²) in [5.41, 5.74) is 0. The van der Waals surface area contributed by atoms with Gasteiger partial charge in [-0.15, -0.1) is 0 Å².